The molecule has 1 aromatic heterocycles. The van der Waals surface area contributed by atoms with Crippen molar-refractivity contribution in [3.63, 3.8) is 0 Å². The number of aromatic nitrogens is 1. The van der Waals surface area contributed by atoms with E-state index in [1.54, 1.807) is 6.07 Å². The Bertz CT molecular complexity index is 783. The second kappa shape index (κ2) is 5.55. The van der Waals surface area contributed by atoms with Gasteiger partial charge in [0.15, 0.2) is 0 Å². The third kappa shape index (κ3) is 2.37. The summed E-state index contributed by atoms with van der Waals surface area (Å²) in [6.07, 6.45) is 0.859. The molecule has 0 fully saturated rings. The molecule has 2 aromatic carbocycles. The van der Waals surface area contributed by atoms with Crippen LogP contribution in [0.15, 0.2) is 54.6 Å². The van der Waals surface area contributed by atoms with Crippen molar-refractivity contribution in [2.24, 2.45) is 0 Å². The molecule has 0 radical (unpaired) electrons. The minimum Gasteiger partial charge on any atom is -0.298 e. The van der Waals surface area contributed by atoms with E-state index in [-0.39, 0.29) is 0 Å². The zero-order valence-electron chi connectivity index (χ0n) is 10.7. The van der Waals surface area contributed by atoms with Gasteiger partial charge in [0.25, 0.3) is 0 Å². The van der Waals surface area contributed by atoms with Crippen LogP contribution < -0.4 is 0 Å². The number of fused-ring (bicyclic) bond motifs is 1. The lowest BCUT2D eigenvalue weighted by Gasteiger charge is -2.09. The predicted octanol–water partition coefficient (Wildman–Crippen LogP) is 4.61. The number of aldehydes is 1. The Hall–Kier alpha value is -2.00. The summed E-state index contributed by atoms with van der Waals surface area (Å²) >= 11 is 3.52. The molecule has 0 N–H and O–H groups in total. The Labute approximate surface area is 125 Å². The molecule has 3 heteroatoms. The van der Waals surface area contributed by atoms with E-state index in [9.17, 15) is 4.79 Å². The van der Waals surface area contributed by atoms with Crippen LogP contribution in [0.2, 0.25) is 0 Å². The Balaban J connectivity index is 2.25. The van der Waals surface area contributed by atoms with Crippen LogP contribution in [0.4, 0.5) is 0 Å². The van der Waals surface area contributed by atoms with Gasteiger partial charge >= 0.3 is 0 Å². The minimum atomic E-state index is 0.665. The van der Waals surface area contributed by atoms with E-state index in [0.717, 1.165) is 39.3 Å². The molecule has 0 aliphatic heterocycles. The zero-order chi connectivity index (χ0) is 13.9. The number of alkyl halides is 1. The Morgan fingerprint density at radius 1 is 1.05 bits per heavy atom. The molecule has 0 spiro atoms. The van der Waals surface area contributed by atoms with Crippen LogP contribution >= 0.6 is 15.9 Å². The van der Waals surface area contributed by atoms with Crippen LogP contribution in [-0.2, 0) is 5.33 Å². The molecule has 0 atom stereocenters. The molecule has 0 aliphatic rings. The normalized spacial score (nSPS) is 10.7. The fourth-order valence-corrected chi connectivity index (χ4v) is 2.70. The topological polar surface area (TPSA) is 30.0 Å². The quantitative estimate of drug-likeness (QED) is 0.520. The standard InChI is InChI=1S/C17H12BrNO/c18-10-15-9-13-5-1-2-7-16(13)19-17(15)14-6-3-4-12(8-14)11-20/h1-9,11H,10H2. The first-order valence-corrected chi connectivity index (χ1v) is 7.44. The Kier molecular flexibility index (Phi) is 3.61. The van der Waals surface area contributed by atoms with Crippen molar-refractivity contribution < 1.29 is 4.79 Å². The zero-order valence-corrected chi connectivity index (χ0v) is 12.3. The van der Waals surface area contributed by atoms with Gasteiger partial charge in [-0.2, -0.15) is 0 Å². The minimum absolute atomic E-state index is 0.665. The Morgan fingerprint density at radius 2 is 1.90 bits per heavy atom. The SMILES string of the molecule is O=Cc1cccc(-c2nc3ccccc3cc2CBr)c1. The van der Waals surface area contributed by atoms with Gasteiger partial charge in [0, 0.05) is 21.8 Å². The molecule has 3 aromatic rings. The molecule has 0 amide bonds. The van der Waals surface area contributed by atoms with E-state index in [4.69, 9.17) is 4.98 Å². The van der Waals surface area contributed by atoms with Crippen LogP contribution in [0.5, 0.6) is 0 Å². The van der Waals surface area contributed by atoms with E-state index in [1.807, 2.05) is 36.4 Å². The second-order valence-corrected chi connectivity index (χ2v) is 5.13. The van der Waals surface area contributed by atoms with E-state index < -0.39 is 0 Å². The van der Waals surface area contributed by atoms with E-state index >= 15 is 0 Å². The highest BCUT2D eigenvalue weighted by Gasteiger charge is 2.09. The van der Waals surface area contributed by atoms with Crippen molar-refractivity contribution in [2.75, 3.05) is 0 Å². The van der Waals surface area contributed by atoms with Crippen molar-refractivity contribution in [1.29, 1.82) is 0 Å². The average Bonchev–Trinajstić information content (AvgIpc) is 2.53. The molecule has 0 bridgehead atoms. The van der Waals surface area contributed by atoms with Gasteiger partial charge in [-0.15, -0.1) is 0 Å². The van der Waals surface area contributed by atoms with Crippen LogP contribution in [0.3, 0.4) is 0 Å². The summed E-state index contributed by atoms with van der Waals surface area (Å²) < 4.78 is 0. The van der Waals surface area contributed by atoms with Crippen molar-refractivity contribution in [3.8, 4) is 11.3 Å². The first kappa shape index (κ1) is 13.0. The highest BCUT2D eigenvalue weighted by molar-refractivity contribution is 9.08. The third-order valence-corrected chi connectivity index (χ3v) is 3.85. The summed E-state index contributed by atoms with van der Waals surface area (Å²) in [6.45, 7) is 0. The molecule has 98 valence electrons. The molecule has 2 nitrogen and oxygen atoms in total. The monoisotopic (exact) mass is 325 g/mol. The maximum Gasteiger partial charge on any atom is 0.150 e. The van der Waals surface area contributed by atoms with Gasteiger partial charge in [0.2, 0.25) is 0 Å². The molecule has 0 saturated heterocycles. The summed E-state index contributed by atoms with van der Waals surface area (Å²) in [6, 6.07) is 17.7. The molecule has 1 heterocycles. The fraction of sp³-hybridized carbons (Fsp3) is 0.0588. The average molecular weight is 326 g/mol. The molecule has 20 heavy (non-hydrogen) atoms. The maximum absolute atomic E-state index is 10.9. The summed E-state index contributed by atoms with van der Waals surface area (Å²) in [5.41, 5.74) is 4.63. The smallest absolute Gasteiger partial charge is 0.150 e. The second-order valence-electron chi connectivity index (χ2n) is 4.57. The summed E-state index contributed by atoms with van der Waals surface area (Å²) in [7, 11) is 0. The van der Waals surface area contributed by atoms with Crippen molar-refractivity contribution in [2.45, 2.75) is 5.33 Å². The number of nitrogens with zero attached hydrogens (tertiary/aromatic N) is 1. The van der Waals surface area contributed by atoms with E-state index in [0.29, 0.717) is 5.56 Å². The van der Waals surface area contributed by atoms with Gasteiger partial charge in [0.1, 0.15) is 6.29 Å². The maximum atomic E-state index is 10.9. The highest BCUT2D eigenvalue weighted by Crippen LogP contribution is 2.27. The molecule has 0 aliphatic carbocycles. The van der Waals surface area contributed by atoms with Crippen molar-refractivity contribution in [3.05, 3.63) is 65.7 Å². The van der Waals surface area contributed by atoms with Crippen molar-refractivity contribution >= 4 is 33.1 Å². The van der Waals surface area contributed by atoms with Gasteiger partial charge in [-0.25, -0.2) is 4.98 Å². The van der Waals surface area contributed by atoms with Crippen molar-refractivity contribution in [1.82, 2.24) is 4.98 Å². The number of halogens is 1. The number of carbonyl (C=O) groups excluding carboxylic acids is 1. The number of carbonyl (C=O) groups is 1. The molecule has 3 rings (SSSR count). The van der Waals surface area contributed by atoms with E-state index in [2.05, 4.69) is 28.1 Å². The third-order valence-electron chi connectivity index (χ3n) is 3.24. The molecule has 0 unspecified atom stereocenters. The van der Waals surface area contributed by atoms with Crippen LogP contribution in [0.1, 0.15) is 15.9 Å². The summed E-state index contributed by atoms with van der Waals surface area (Å²) in [4.78, 5) is 15.7. The number of benzene rings is 2. The first-order valence-electron chi connectivity index (χ1n) is 6.32. The molecular weight excluding hydrogens is 314 g/mol. The van der Waals surface area contributed by atoms with Crippen LogP contribution in [0, 0.1) is 0 Å². The van der Waals surface area contributed by atoms with Crippen LogP contribution in [-0.4, -0.2) is 11.3 Å². The lowest BCUT2D eigenvalue weighted by molar-refractivity contribution is 0.112. The number of pyridine rings is 1. The predicted molar refractivity (Wildman–Crippen MR) is 85.2 cm³/mol. The summed E-state index contributed by atoms with van der Waals surface area (Å²) in [5.74, 6) is 0. The summed E-state index contributed by atoms with van der Waals surface area (Å²) in [5, 5.41) is 1.85. The van der Waals surface area contributed by atoms with Gasteiger partial charge in [-0.1, -0.05) is 52.3 Å². The molecule has 0 saturated carbocycles. The molecular formula is C17H12BrNO. The number of hydrogen-bond donors (Lipinski definition) is 0. The van der Waals surface area contributed by atoms with E-state index in [1.165, 1.54) is 0 Å². The lowest BCUT2D eigenvalue weighted by Crippen LogP contribution is -1.93. The Morgan fingerprint density at radius 3 is 2.70 bits per heavy atom. The largest absolute Gasteiger partial charge is 0.298 e. The number of hydrogen-bond acceptors (Lipinski definition) is 2. The van der Waals surface area contributed by atoms with Gasteiger partial charge in [-0.3, -0.25) is 4.79 Å². The van der Waals surface area contributed by atoms with Gasteiger partial charge in [0.05, 0.1) is 11.2 Å². The number of rotatable bonds is 3. The fourth-order valence-electron chi connectivity index (χ4n) is 2.27. The first-order chi connectivity index (χ1) is 9.81. The number of para-hydroxylation sites is 1. The lowest BCUT2D eigenvalue weighted by atomic mass is 10.0. The van der Waals surface area contributed by atoms with Crippen LogP contribution in [0.25, 0.3) is 22.2 Å². The van der Waals surface area contributed by atoms with Gasteiger partial charge in [-0.05, 0) is 23.8 Å². The van der Waals surface area contributed by atoms with Gasteiger partial charge < -0.3 is 0 Å². The highest BCUT2D eigenvalue weighted by atomic mass is 79.9.